The molecule has 0 saturated carbocycles. The molecule has 0 spiro atoms. The largest absolute Gasteiger partial charge is 0.505 e. The molecule has 126 valence electrons. The quantitative estimate of drug-likeness (QED) is 0.358. The summed E-state index contributed by atoms with van der Waals surface area (Å²) in [5.41, 5.74) is 1.11. The molecule has 0 aliphatic heterocycles. The first kappa shape index (κ1) is 18.4. The van der Waals surface area contributed by atoms with E-state index >= 15 is 0 Å². The van der Waals surface area contributed by atoms with Gasteiger partial charge in [0.05, 0.1) is 15.1 Å². The number of nitrogens with zero attached hydrogens (tertiary/aromatic N) is 3. The Morgan fingerprint density at radius 1 is 1.21 bits per heavy atom. The summed E-state index contributed by atoms with van der Waals surface area (Å²) < 4.78 is 0.506. The fourth-order valence-electron chi connectivity index (χ4n) is 1.91. The standard InChI is InChI=1S/C16H15BrClN3O3/c1-16(2,3)9-6-11(17)15(22)13(7-9)20-19-10-4-5-12(18)14(8-10)21(23)24/h4-8,22H,1-3H3. The number of benzene rings is 2. The number of rotatable bonds is 3. The molecule has 8 heteroatoms. The van der Waals surface area contributed by atoms with Crippen molar-refractivity contribution in [2.45, 2.75) is 26.2 Å². The van der Waals surface area contributed by atoms with Crippen molar-refractivity contribution in [3.05, 3.63) is 55.5 Å². The Bertz CT molecular complexity index is 832. The molecule has 0 fully saturated rings. The zero-order chi connectivity index (χ0) is 18.1. The second kappa shape index (κ2) is 6.86. The first-order valence-corrected chi connectivity index (χ1v) is 8.15. The molecule has 0 aromatic heterocycles. The molecule has 6 nitrogen and oxygen atoms in total. The fourth-order valence-corrected chi connectivity index (χ4v) is 2.54. The van der Waals surface area contributed by atoms with E-state index in [1.54, 1.807) is 6.07 Å². The van der Waals surface area contributed by atoms with Crippen molar-refractivity contribution in [1.82, 2.24) is 0 Å². The number of azo groups is 1. The number of phenols is 1. The van der Waals surface area contributed by atoms with Crippen LogP contribution in [0.4, 0.5) is 17.1 Å². The van der Waals surface area contributed by atoms with Gasteiger partial charge in [-0.05, 0) is 51.2 Å². The Kier molecular flexibility index (Phi) is 5.25. The Hall–Kier alpha value is -1.99. The van der Waals surface area contributed by atoms with Gasteiger partial charge in [-0.25, -0.2) is 0 Å². The third kappa shape index (κ3) is 4.10. The lowest BCUT2D eigenvalue weighted by Crippen LogP contribution is -2.10. The first-order chi connectivity index (χ1) is 11.1. The van der Waals surface area contributed by atoms with Crippen LogP contribution in [0, 0.1) is 10.1 Å². The van der Waals surface area contributed by atoms with Crippen molar-refractivity contribution >= 4 is 44.6 Å². The lowest BCUT2D eigenvalue weighted by atomic mass is 9.87. The van der Waals surface area contributed by atoms with Crippen LogP contribution in [0.5, 0.6) is 5.75 Å². The summed E-state index contributed by atoms with van der Waals surface area (Å²) >= 11 is 9.06. The topological polar surface area (TPSA) is 88.1 Å². The summed E-state index contributed by atoms with van der Waals surface area (Å²) in [6, 6.07) is 7.68. The minimum absolute atomic E-state index is 0.0271. The minimum Gasteiger partial charge on any atom is -0.505 e. The first-order valence-electron chi connectivity index (χ1n) is 6.98. The van der Waals surface area contributed by atoms with Crippen molar-refractivity contribution < 1.29 is 10.0 Å². The predicted molar refractivity (Wildman–Crippen MR) is 96.8 cm³/mol. The van der Waals surface area contributed by atoms with Gasteiger partial charge in [0, 0.05) is 6.07 Å². The maximum absolute atomic E-state index is 10.9. The zero-order valence-electron chi connectivity index (χ0n) is 13.2. The molecule has 0 heterocycles. The molecule has 0 aliphatic carbocycles. The lowest BCUT2D eigenvalue weighted by Gasteiger charge is -2.20. The Balaban J connectivity index is 2.44. The number of hydrogen-bond acceptors (Lipinski definition) is 5. The van der Waals surface area contributed by atoms with Gasteiger partial charge in [0.25, 0.3) is 5.69 Å². The molecule has 24 heavy (non-hydrogen) atoms. The van der Waals surface area contributed by atoms with Crippen LogP contribution in [0.1, 0.15) is 26.3 Å². The summed E-state index contributed by atoms with van der Waals surface area (Å²) in [6.45, 7) is 6.11. The molecule has 0 amide bonds. The van der Waals surface area contributed by atoms with Gasteiger partial charge in [0.1, 0.15) is 10.7 Å². The second-order valence-electron chi connectivity index (χ2n) is 6.17. The van der Waals surface area contributed by atoms with Crippen LogP contribution in [0.3, 0.4) is 0 Å². The number of nitro groups is 1. The van der Waals surface area contributed by atoms with Gasteiger partial charge in [-0.15, -0.1) is 5.11 Å². The van der Waals surface area contributed by atoms with Gasteiger partial charge >= 0.3 is 0 Å². The van der Waals surface area contributed by atoms with Gasteiger partial charge in [0.15, 0.2) is 5.75 Å². The van der Waals surface area contributed by atoms with Crippen molar-refractivity contribution in [3.8, 4) is 5.75 Å². The number of hydrogen-bond donors (Lipinski definition) is 1. The Morgan fingerprint density at radius 2 is 1.88 bits per heavy atom. The fraction of sp³-hybridized carbons (Fsp3) is 0.250. The minimum atomic E-state index is -0.588. The van der Waals surface area contributed by atoms with E-state index in [0.29, 0.717) is 4.47 Å². The van der Waals surface area contributed by atoms with Crippen molar-refractivity contribution in [2.75, 3.05) is 0 Å². The molecule has 0 radical (unpaired) electrons. The highest BCUT2D eigenvalue weighted by molar-refractivity contribution is 9.10. The summed E-state index contributed by atoms with van der Waals surface area (Å²) in [7, 11) is 0. The molecule has 0 bridgehead atoms. The van der Waals surface area contributed by atoms with Crippen LogP contribution in [0.2, 0.25) is 5.02 Å². The molecular weight excluding hydrogens is 398 g/mol. The van der Waals surface area contributed by atoms with Crippen LogP contribution in [0.25, 0.3) is 0 Å². The number of halogens is 2. The van der Waals surface area contributed by atoms with E-state index in [2.05, 4.69) is 26.2 Å². The SMILES string of the molecule is CC(C)(C)c1cc(Br)c(O)c(N=Nc2ccc(Cl)c([N+](=O)[O-])c2)c1. The van der Waals surface area contributed by atoms with E-state index in [9.17, 15) is 15.2 Å². The molecule has 1 N–H and O–H groups in total. The maximum atomic E-state index is 10.9. The van der Waals surface area contributed by atoms with Gasteiger partial charge in [0.2, 0.25) is 0 Å². The maximum Gasteiger partial charge on any atom is 0.290 e. The number of nitro benzene ring substituents is 1. The van der Waals surface area contributed by atoms with Gasteiger partial charge in [-0.2, -0.15) is 5.11 Å². The summed E-state index contributed by atoms with van der Waals surface area (Å²) in [5.74, 6) is -0.0461. The lowest BCUT2D eigenvalue weighted by molar-refractivity contribution is -0.384. The van der Waals surface area contributed by atoms with E-state index in [-0.39, 0.29) is 33.2 Å². The van der Waals surface area contributed by atoms with Crippen LogP contribution >= 0.6 is 27.5 Å². The van der Waals surface area contributed by atoms with Crippen molar-refractivity contribution in [1.29, 1.82) is 0 Å². The highest BCUT2D eigenvalue weighted by atomic mass is 79.9. The average Bonchev–Trinajstić information content (AvgIpc) is 2.48. The molecule has 0 atom stereocenters. The van der Waals surface area contributed by atoms with E-state index in [1.165, 1.54) is 18.2 Å². The second-order valence-corrected chi connectivity index (χ2v) is 7.43. The molecule has 2 aromatic rings. The molecule has 0 saturated heterocycles. The van der Waals surface area contributed by atoms with E-state index in [1.807, 2.05) is 26.8 Å². The van der Waals surface area contributed by atoms with Crippen LogP contribution < -0.4 is 0 Å². The van der Waals surface area contributed by atoms with Gasteiger partial charge in [-0.1, -0.05) is 32.4 Å². The van der Waals surface area contributed by atoms with E-state index in [0.717, 1.165) is 5.56 Å². The molecule has 2 rings (SSSR count). The summed E-state index contributed by atoms with van der Waals surface area (Å²) in [4.78, 5) is 10.3. The van der Waals surface area contributed by atoms with Crippen LogP contribution in [-0.4, -0.2) is 10.0 Å². The zero-order valence-corrected chi connectivity index (χ0v) is 15.6. The van der Waals surface area contributed by atoms with Crippen molar-refractivity contribution in [2.24, 2.45) is 10.2 Å². The predicted octanol–water partition coefficient (Wildman–Crippen LogP) is 6.43. The van der Waals surface area contributed by atoms with Gasteiger partial charge < -0.3 is 5.11 Å². The summed E-state index contributed by atoms with van der Waals surface area (Å²) in [5, 5.41) is 29.0. The Morgan fingerprint density at radius 3 is 2.46 bits per heavy atom. The molecule has 0 aliphatic rings. The normalized spacial score (nSPS) is 11.9. The van der Waals surface area contributed by atoms with Crippen LogP contribution in [0.15, 0.2) is 45.0 Å². The van der Waals surface area contributed by atoms with Gasteiger partial charge in [-0.3, -0.25) is 10.1 Å². The molecule has 2 aromatic carbocycles. The average molecular weight is 413 g/mol. The van der Waals surface area contributed by atoms with Crippen LogP contribution in [-0.2, 0) is 5.41 Å². The smallest absolute Gasteiger partial charge is 0.290 e. The monoisotopic (exact) mass is 411 g/mol. The van der Waals surface area contributed by atoms with E-state index < -0.39 is 4.92 Å². The highest BCUT2D eigenvalue weighted by Crippen LogP contribution is 2.40. The third-order valence-electron chi connectivity index (χ3n) is 3.31. The highest BCUT2D eigenvalue weighted by Gasteiger charge is 2.18. The Labute approximate surface area is 152 Å². The number of phenolic OH excluding ortho intramolecular Hbond substituents is 1. The van der Waals surface area contributed by atoms with E-state index in [4.69, 9.17) is 11.6 Å². The molecule has 0 unspecified atom stereocenters. The summed E-state index contributed by atoms with van der Waals surface area (Å²) in [6.07, 6.45) is 0. The number of aromatic hydroxyl groups is 1. The third-order valence-corrected chi connectivity index (χ3v) is 4.23. The van der Waals surface area contributed by atoms with Crippen molar-refractivity contribution in [3.63, 3.8) is 0 Å². The molecular formula is C16H15BrClN3O3.